The second kappa shape index (κ2) is 8.36. The van der Waals surface area contributed by atoms with Crippen LogP contribution in [0.5, 0.6) is 0 Å². The molecule has 27 heavy (non-hydrogen) atoms. The standard InChI is InChI=1S/C22H25BFN3/c1-16-7-4-5-8-18(16)10-11-19-15-17(2)22(26-19)20(12-13-25)21-9-6-14-27(21)23(3)24/h4-11,14-15H,12-13,25H2,1-3H3/b11-10+,22-20-. The molecule has 2 heterocycles. The summed E-state index contributed by atoms with van der Waals surface area (Å²) in [6.45, 7) is 6.15. The fraction of sp³-hybridized carbons (Fsp3) is 0.227. The van der Waals surface area contributed by atoms with E-state index in [4.69, 9.17) is 10.7 Å². The monoisotopic (exact) mass is 361 g/mol. The molecule has 1 aliphatic rings. The summed E-state index contributed by atoms with van der Waals surface area (Å²) >= 11 is 0. The largest absolute Gasteiger partial charge is 0.461 e. The molecule has 0 spiro atoms. The molecule has 3 nitrogen and oxygen atoms in total. The van der Waals surface area contributed by atoms with Crippen molar-refractivity contribution in [3.05, 3.63) is 82.8 Å². The number of hydrogen-bond acceptors (Lipinski definition) is 2. The molecule has 5 heteroatoms. The van der Waals surface area contributed by atoms with Gasteiger partial charge in [-0.2, -0.15) is 0 Å². The molecule has 2 N–H and O–H groups in total. The molecule has 2 aromatic rings. The Balaban J connectivity index is 2.00. The van der Waals surface area contributed by atoms with Crippen molar-refractivity contribution in [1.29, 1.82) is 0 Å². The topological polar surface area (TPSA) is 43.3 Å². The number of aromatic nitrogens is 1. The molecule has 0 aliphatic carbocycles. The van der Waals surface area contributed by atoms with Crippen molar-refractivity contribution in [2.24, 2.45) is 10.7 Å². The predicted molar refractivity (Wildman–Crippen MR) is 115 cm³/mol. The lowest BCUT2D eigenvalue weighted by molar-refractivity contribution is 0.795. The zero-order chi connectivity index (χ0) is 19.4. The van der Waals surface area contributed by atoms with Gasteiger partial charge in [0.05, 0.1) is 11.4 Å². The lowest BCUT2D eigenvalue weighted by atomic mass is 9.90. The van der Waals surface area contributed by atoms with Crippen LogP contribution in [0.1, 0.15) is 30.2 Å². The number of halogens is 1. The number of benzene rings is 1. The molecular weight excluding hydrogens is 336 g/mol. The second-order valence-corrected chi connectivity index (χ2v) is 6.79. The van der Waals surface area contributed by atoms with E-state index >= 15 is 0 Å². The number of rotatable bonds is 6. The summed E-state index contributed by atoms with van der Waals surface area (Å²) in [6.07, 6.45) is 8.57. The summed E-state index contributed by atoms with van der Waals surface area (Å²) in [7, 11) is -1.10. The minimum Gasteiger partial charge on any atom is -0.363 e. The Morgan fingerprint density at radius 2 is 1.96 bits per heavy atom. The van der Waals surface area contributed by atoms with E-state index in [1.165, 1.54) is 17.9 Å². The molecule has 0 saturated carbocycles. The van der Waals surface area contributed by atoms with E-state index in [-0.39, 0.29) is 0 Å². The van der Waals surface area contributed by atoms with E-state index in [1.807, 2.05) is 37.3 Å². The maximum Gasteiger partial charge on any atom is 0.461 e. The fourth-order valence-corrected chi connectivity index (χ4v) is 3.35. The lowest BCUT2D eigenvalue weighted by Gasteiger charge is -2.14. The Hall–Kier alpha value is -2.66. The number of nitrogens with zero attached hydrogens (tertiary/aromatic N) is 2. The lowest BCUT2D eigenvalue weighted by Crippen LogP contribution is -2.17. The number of hydrogen-bond donors (Lipinski definition) is 1. The number of aryl methyl sites for hydroxylation is 1. The maximum atomic E-state index is 14.0. The van der Waals surface area contributed by atoms with E-state index in [1.54, 1.807) is 10.7 Å². The van der Waals surface area contributed by atoms with Gasteiger partial charge in [0.15, 0.2) is 0 Å². The average molecular weight is 361 g/mol. The predicted octanol–water partition coefficient (Wildman–Crippen LogP) is 4.91. The SMILES string of the molecule is CB(F)n1cccc1/C(CCN)=C1N=C(/C=C/c2ccccc2C)C=C\1C. The number of allylic oxidation sites excluding steroid dienone is 3. The third kappa shape index (κ3) is 4.20. The highest BCUT2D eigenvalue weighted by molar-refractivity contribution is 6.48. The highest BCUT2D eigenvalue weighted by Crippen LogP contribution is 2.31. The van der Waals surface area contributed by atoms with E-state index < -0.39 is 7.12 Å². The summed E-state index contributed by atoms with van der Waals surface area (Å²) in [5, 5.41) is 0. The molecular formula is C22H25BFN3. The molecule has 0 saturated heterocycles. The van der Waals surface area contributed by atoms with E-state index in [2.05, 4.69) is 31.2 Å². The summed E-state index contributed by atoms with van der Waals surface area (Å²) in [4.78, 5) is 4.81. The molecule has 1 aliphatic heterocycles. The van der Waals surface area contributed by atoms with Crippen LogP contribution in [0.25, 0.3) is 11.6 Å². The Bertz CT molecular complexity index is 948. The van der Waals surface area contributed by atoms with Gasteiger partial charge in [-0.15, -0.1) is 0 Å². The van der Waals surface area contributed by atoms with Gasteiger partial charge in [0, 0.05) is 11.3 Å². The summed E-state index contributed by atoms with van der Waals surface area (Å²) in [5.41, 5.74) is 12.9. The van der Waals surface area contributed by atoms with Gasteiger partial charge in [0.2, 0.25) is 0 Å². The summed E-state index contributed by atoms with van der Waals surface area (Å²) in [6, 6.07) is 12.0. The summed E-state index contributed by atoms with van der Waals surface area (Å²) < 4.78 is 15.6. The molecule has 0 fully saturated rings. The third-order valence-electron chi connectivity index (χ3n) is 4.75. The second-order valence-electron chi connectivity index (χ2n) is 6.79. The van der Waals surface area contributed by atoms with Crippen LogP contribution < -0.4 is 5.73 Å². The molecule has 0 amide bonds. The van der Waals surface area contributed by atoms with Gasteiger partial charge in [0.1, 0.15) is 0 Å². The van der Waals surface area contributed by atoms with Crippen LogP contribution in [0.2, 0.25) is 6.82 Å². The maximum absolute atomic E-state index is 14.0. The first-order chi connectivity index (χ1) is 13.0. The van der Waals surface area contributed by atoms with Crippen LogP contribution in [0.3, 0.4) is 0 Å². The molecule has 1 aromatic heterocycles. The molecule has 1 aromatic carbocycles. The van der Waals surface area contributed by atoms with Crippen molar-refractivity contribution in [2.45, 2.75) is 27.1 Å². The van der Waals surface area contributed by atoms with Crippen LogP contribution >= 0.6 is 0 Å². The van der Waals surface area contributed by atoms with Crippen molar-refractivity contribution in [3.63, 3.8) is 0 Å². The Kier molecular flexibility index (Phi) is 5.92. The van der Waals surface area contributed by atoms with Gasteiger partial charge in [-0.3, -0.25) is 0 Å². The first-order valence-corrected chi connectivity index (χ1v) is 9.27. The molecule has 0 bridgehead atoms. The average Bonchev–Trinajstić information content (AvgIpc) is 3.26. The van der Waals surface area contributed by atoms with E-state index in [0.29, 0.717) is 13.0 Å². The van der Waals surface area contributed by atoms with Gasteiger partial charge in [-0.05, 0) is 80.8 Å². The van der Waals surface area contributed by atoms with Crippen molar-refractivity contribution in [3.8, 4) is 0 Å². The van der Waals surface area contributed by atoms with Crippen molar-refractivity contribution >= 4 is 24.5 Å². The van der Waals surface area contributed by atoms with E-state index in [0.717, 1.165) is 28.2 Å². The van der Waals surface area contributed by atoms with Crippen LogP contribution in [-0.2, 0) is 0 Å². The third-order valence-corrected chi connectivity index (χ3v) is 4.75. The first-order valence-electron chi connectivity index (χ1n) is 9.27. The van der Waals surface area contributed by atoms with Gasteiger partial charge in [0.25, 0.3) is 0 Å². The van der Waals surface area contributed by atoms with Crippen LogP contribution in [0.4, 0.5) is 4.32 Å². The minimum absolute atomic E-state index is 0.488. The highest BCUT2D eigenvalue weighted by Gasteiger charge is 2.20. The zero-order valence-corrected chi connectivity index (χ0v) is 16.1. The molecule has 138 valence electrons. The van der Waals surface area contributed by atoms with Crippen LogP contribution in [-0.4, -0.2) is 23.9 Å². The summed E-state index contributed by atoms with van der Waals surface area (Å²) in [5.74, 6) is 0. The fourth-order valence-electron chi connectivity index (χ4n) is 3.35. The van der Waals surface area contributed by atoms with Crippen LogP contribution in [0.15, 0.2) is 71.0 Å². The Labute approximate surface area is 161 Å². The highest BCUT2D eigenvalue weighted by atomic mass is 19.1. The van der Waals surface area contributed by atoms with Crippen molar-refractivity contribution in [2.75, 3.05) is 6.54 Å². The number of nitrogens with two attached hydrogens (primary N) is 1. The normalized spacial score (nSPS) is 15.9. The Morgan fingerprint density at radius 3 is 2.67 bits per heavy atom. The van der Waals surface area contributed by atoms with Gasteiger partial charge >= 0.3 is 7.12 Å². The van der Waals surface area contributed by atoms with Gasteiger partial charge < -0.3 is 14.5 Å². The van der Waals surface area contributed by atoms with Gasteiger partial charge in [-0.25, -0.2) is 4.99 Å². The van der Waals surface area contributed by atoms with Crippen molar-refractivity contribution in [1.82, 2.24) is 4.48 Å². The molecule has 0 unspecified atom stereocenters. The molecule has 3 rings (SSSR count). The smallest absolute Gasteiger partial charge is 0.363 e. The molecule has 0 atom stereocenters. The molecule has 0 radical (unpaired) electrons. The van der Waals surface area contributed by atoms with E-state index in [9.17, 15) is 4.32 Å². The first kappa shape index (κ1) is 19.1. The van der Waals surface area contributed by atoms with Crippen LogP contribution in [0, 0.1) is 6.92 Å². The Morgan fingerprint density at radius 1 is 1.19 bits per heavy atom. The van der Waals surface area contributed by atoms with Gasteiger partial charge in [-0.1, -0.05) is 30.3 Å². The quantitative estimate of drug-likeness (QED) is 0.730. The zero-order valence-electron chi connectivity index (χ0n) is 16.1. The van der Waals surface area contributed by atoms with Crippen molar-refractivity contribution < 1.29 is 4.32 Å². The number of aliphatic imine (C=N–C) groups is 1. The minimum atomic E-state index is -1.10.